The van der Waals surface area contributed by atoms with Crippen molar-refractivity contribution in [2.24, 2.45) is 17.8 Å². The maximum Gasteiger partial charge on any atom is 0.223 e. The molecule has 14 heavy (non-hydrogen) atoms. The summed E-state index contributed by atoms with van der Waals surface area (Å²) in [5.74, 6) is 2.19. The molecule has 1 amide bonds. The molecule has 1 heterocycles. The van der Waals surface area contributed by atoms with Gasteiger partial charge in [-0.1, -0.05) is 32.6 Å². The van der Waals surface area contributed by atoms with E-state index in [1.54, 1.807) is 0 Å². The normalized spacial score (nSPS) is 39.2. The molecule has 2 aliphatic rings. The molecule has 2 nitrogen and oxygen atoms in total. The number of fused-ring (bicyclic) bond motifs is 1. The molecule has 0 aromatic carbocycles. The molecular formula is C12H21NO. The Morgan fingerprint density at radius 3 is 2.64 bits per heavy atom. The van der Waals surface area contributed by atoms with Gasteiger partial charge in [-0.3, -0.25) is 4.79 Å². The maximum atomic E-state index is 11.6. The van der Waals surface area contributed by atoms with Crippen molar-refractivity contribution in [3.63, 3.8) is 0 Å². The fraction of sp³-hybridized carbons (Fsp3) is 0.917. The summed E-state index contributed by atoms with van der Waals surface area (Å²) in [6.45, 7) is 3.29. The van der Waals surface area contributed by atoms with Crippen molar-refractivity contribution in [1.29, 1.82) is 0 Å². The lowest BCUT2D eigenvalue weighted by molar-refractivity contribution is -0.123. The fourth-order valence-corrected chi connectivity index (χ4v) is 2.95. The lowest BCUT2D eigenvalue weighted by Crippen LogP contribution is -2.19. The number of hydrogen-bond acceptors (Lipinski definition) is 1. The van der Waals surface area contributed by atoms with Crippen molar-refractivity contribution in [1.82, 2.24) is 5.32 Å². The van der Waals surface area contributed by atoms with Crippen LogP contribution < -0.4 is 5.32 Å². The summed E-state index contributed by atoms with van der Waals surface area (Å²) >= 11 is 0. The minimum atomic E-state index is 0.324. The Hall–Kier alpha value is -0.530. The summed E-state index contributed by atoms with van der Waals surface area (Å²) < 4.78 is 0. The van der Waals surface area contributed by atoms with E-state index in [2.05, 4.69) is 12.2 Å². The number of carbonyl (C=O) groups excluding carboxylic acids is 1. The van der Waals surface area contributed by atoms with Crippen LogP contribution in [0.2, 0.25) is 0 Å². The lowest BCUT2D eigenvalue weighted by Gasteiger charge is -2.14. The first-order valence-corrected chi connectivity index (χ1v) is 6.05. The molecule has 2 heteroatoms. The highest BCUT2D eigenvalue weighted by molar-refractivity contribution is 5.81. The molecule has 80 valence electrons. The molecule has 0 radical (unpaired) electrons. The molecule has 0 aromatic rings. The first-order chi connectivity index (χ1) is 6.77. The third-order valence-electron chi connectivity index (χ3n) is 3.93. The molecule has 1 saturated heterocycles. The molecule has 1 N–H and O–H groups in total. The fourth-order valence-electron chi connectivity index (χ4n) is 2.95. The van der Waals surface area contributed by atoms with Gasteiger partial charge >= 0.3 is 0 Å². The molecule has 0 aromatic heterocycles. The molecule has 1 saturated carbocycles. The Morgan fingerprint density at radius 2 is 1.86 bits per heavy atom. The van der Waals surface area contributed by atoms with Gasteiger partial charge in [0, 0.05) is 12.5 Å². The van der Waals surface area contributed by atoms with Gasteiger partial charge in [0.25, 0.3) is 0 Å². The van der Waals surface area contributed by atoms with Gasteiger partial charge in [-0.05, 0) is 24.7 Å². The Kier molecular flexibility index (Phi) is 3.09. The standard InChI is InChI=1S/C12H21NO/c1-9-4-2-6-10-8-13-12(14)11(10)7-3-5-9/h9-11H,2-8H2,1H3,(H,13,14). The highest BCUT2D eigenvalue weighted by atomic mass is 16.2. The predicted molar refractivity (Wildman–Crippen MR) is 56.9 cm³/mol. The van der Waals surface area contributed by atoms with Crippen molar-refractivity contribution in [2.75, 3.05) is 6.54 Å². The van der Waals surface area contributed by atoms with Gasteiger partial charge in [-0.15, -0.1) is 0 Å². The Labute approximate surface area is 86.5 Å². The summed E-state index contributed by atoms with van der Waals surface area (Å²) in [5.41, 5.74) is 0. The number of carbonyl (C=O) groups is 1. The van der Waals surface area contributed by atoms with Gasteiger partial charge in [0.2, 0.25) is 5.91 Å². The monoisotopic (exact) mass is 195 g/mol. The first-order valence-electron chi connectivity index (χ1n) is 6.05. The topological polar surface area (TPSA) is 29.1 Å². The third kappa shape index (κ3) is 2.10. The lowest BCUT2D eigenvalue weighted by atomic mass is 9.88. The summed E-state index contributed by atoms with van der Waals surface area (Å²) in [6.07, 6.45) is 7.62. The molecule has 1 aliphatic carbocycles. The van der Waals surface area contributed by atoms with Crippen LogP contribution in [0.25, 0.3) is 0 Å². The van der Waals surface area contributed by atoms with Crippen LogP contribution in [-0.2, 0) is 4.79 Å². The Morgan fingerprint density at radius 1 is 1.14 bits per heavy atom. The van der Waals surface area contributed by atoms with Crippen molar-refractivity contribution < 1.29 is 4.79 Å². The number of nitrogens with one attached hydrogen (secondary N) is 1. The minimum Gasteiger partial charge on any atom is -0.356 e. The van der Waals surface area contributed by atoms with E-state index in [1.807, 2.05) is 0 Å². The second-order valence-electron chi connectivity index (χ2n) is 5.08. The molecule has 3 atom stereocenters. The molecule has 2 rings (SSSR count). The van der Waals surface area contributed by atoms with Gasteiger partial charge in [0.05, 0.1) is 0 Å². The van der Waals surface area contributed by atoms with Crippen molar-refractivity contribution in [2.45, 2.75) is 45.4 Å². The molecule has 1 aliphatic heterocycles. The van der Waals surface area contributed by atoms with Crippen LogP contribution in [0.1, 0.15) is 45.4 Å². The summed E-state index contributed by atoms with van der Waals surface area (Å²) in [7, 11) is 0. The second kappa shape index (κ2) is 4.33. The van der Waals surface area contributed by atoms with E-state index < -0.39 is 0 Å². The van der Waals surface area contributed by atoms with Crippen LogP contribution in [0.3, 0.4) is 0 Å². The Balaban J connectivity index is 1.97. The zero-order valence-corrected chi connectivity index (χ0v) is 9.09. The maximum absolute atomic E-state index is 11.6. The highest BCUT2D eigenvalue weighted by Gasteiger charge is 2.34. The van der Waals surface area contributed by atoms with Crippen molar-refractivity contribution >= 4 is 5.91 Å². The van der Waals surface area contributed by atoms with E-state index >= 15 is 0 Å². The first kappa shape index (κ1) is 10.0. The van der Waals surface area contributed by atoms with Crippen LogP contribution in [-0.4, -0.2) is 12.5 Å². The zero-order chi connectivity index (χ0) is 9.97. The van der Waals surface area contributed by atoms with E-state index in [9.17, 15) is 4.79 Å². The van der Waals surface area contributed by atoms with Gasteiger partial charge in [-0.2, -0.15) is 0 Å². The molecule has 3 unspecified atom stereocenters. The number of hydrogen-bond donors (Lipinski definition) is 1. The van der Waals surface area contributed by atoms with Gasteiger partial charge < -0.3 is 5.32 Å². The van der Waals surface area contributed by atoms with Crippen molar-refractivity contribution in [3.8, 4) is 0 Å². The highest BCUT2D eigenvalue weighted by Crippen LogP contribution is 2.31. The second-order valence-corrected chi connectivity index (χ2v) is 5.08. The van der Waals surface area contributed by atoms with Crippen LogP contribution in [0, 0.1) is 17.8 Å². The predicted octanol–water partition coefficient (Wildman–Crippen LogP) is 2.34. The van der Waals surface area contributed by atoms with E-state index in [4.69, 9.17) is 0 Å². The number of amides is 1. The molecular weight excluding hydrogens is 174 g/mol. The van der Waals surface area contributed by atoms with E-state index in [0.29, 0.717) is 17.7 Å². The summed E-state index contributed by atoms with van der Waals surface area (Å²) in [6, 6.07) is 0. The SMILES string of the molecule is CC1CCCC2CNC(=O)C2CCC1. The van der Waals surface area contributed by atoms with E-state index in [0.717, 1.165) is 18.9 Å². The molecule has 2 fully saturated rings. The minimum absolute atomic E-state index is 0.324. The molecule has 0 bridgehead atoms. The average Bonchev–Trinajstić information content (AvgIpc) is 2.52. The summed E-state index contributed by atoms with van der Waals surface area (Å²) in [4.78, 5) is 11.6. The quantitative estimate of drug-likeness (QED) is 0.631. The Bertz CT molecular complexity index is 214. The van der Waals surface area contributed by atoms with Gasteiger partial charge in [-0.25, -0.2) is 0 Å². The summed E-state index contributed by atoms with van der Waals surface area (Å²) in [5, 5.41) is 3.01. The van der Waals surface area contributed by atoms with Crippen LogP contribution in [0.4, 0.5) is 0 Å². The van der Waals surface area contributed by atoms with E-state index in [1.165, 1.54) is 32.1 Å². The largest absolute Gasteiger partial charge is 0.356 e. The van der Waals surface area contributed by atoms with Gasteiger partial charge in [0.15, 0.2) is 0 Å². The van der Waals surface area contributed by atoms with Crippen molar-refractivity contribution in [3.05, 3.63) is 0 Å². The van der Waals surface area contributed by atoms with E-state index in [-0.39, 0.29) is 0 Å². The van der Waals surface area contributed by atoms with Crippen LogP contribution in [0.5, 0.6) is 0 Å². The van der Waals surface area contributed by atoms with Crippen LogP contribution >= 0.6 is 0 Å². The average molecular weight is 195 g/mol. The zero-order valence-electron chi connectivity index (χ0n) is 9.09. The van der Waals surface area contributed by atoms with Crippen LogP contribution in [0.15, 0.2) is 0 Å². The van der Waals surface area contributed by atoms with Gasteiger partial charge in [0.1, 0.15) is 0 Å². The smallest absolute Gasteiger partial charge is 0.223 e. The molecule has 0 spiro atoms. The number of rotatable bonds is 0. The third-order valence-corrected chi connectivity index (χ3v) is 3.93.